The molecule has 0 aromatic carbocycles. The molecule has 0 bridgehead atoms. The highest BCUT2D eigenvalue weighted by atomic mass is 17.2. The maximum absolute atomic E-state index is 10.4. The molecule has 0 radical (unpaired) electrons. The van der Waals surface area contributed by atoms with Crippen molar-refractivity contribution in [3.63, 3.8) is 0 Å². The Bertz CT molecular complexity index is 138. The van der Waals surface area contributed by atoms with Gasteiger partial charge in [-0.1, -0.05) is 0 Å². The van der Waals surface area contributed by atoms with Gasteiger partial charge >= 0.3 is 0 Å². The molecule has 0 N–H and O–H groups in total. The van der Waals surface area contributed by atoms with Crippen molar-refractivity contribution < 1.29 is 14.6 Å². The van der Waals surface area contributed by atoms with Crippen molar-refractivity contribution in [3.05, 3.63) is 11.8 Å². The fourth-order valence-electron chi connectivity index (χ4n) is 0.462. The van der Waals surface area contributed by atoms with Gasteiger partial charge in [0.25, 0.3) is 0 Å². The number of carbonyl (C=O) groups excluding carboxylic acids is 1. The first-order chi connectivity index (χ1) is 4.66. The van der Waals surface area contributed by atoms with Crippen molar-refractivity contribution in [3.8, 4) is 0 Å². The lowest BCUT2D eigenvalue weighted by Crippen LogP contribution is -1.93. The van der Waals surface area contributed by atoms with E-state index >= 15 is 0 Å². The van der Waals surface area contributed by atoms with Crippen LogP contribution < -0.4 is 0 Å². The quantitative estimate of drug-likeness (QED) is 0.259. The summed E-state index contributed by atoms with van der Waals surface area (Å²) in [6.07, 6.45) is 1.37. The van der Waals surface area contributed by atoms with Crippen LogP contribution >= 0.6 is 0 Å². The molecule has 0 amide bonds. The van der Waals surface area contributed by atoms with Crippen molar-refractivity contribution in [2.75, 3.05) is 6.61 Å². The van der Waals surface area contributed by atoms with E-state index in [9.17, 15) is 4.79 Å². The highest BCUT2D eigenvalue weighted by Crippen LogP contribution is 1.95. The Labute approximate surface area is 60.6 Å². The van der Waals surface area contributed by atoms with Crippen LogP contribution in [0.1, 0.15) is 20.8 Å². The summed E-state index contributed by atoms with van der Waals surface area (Å²) in [7, 11) is 0. The molecule has 0 unspecified atom stereocenters. The van der Waals surface area contributed by atoms with Crippen LogP contribution in [0, 0.1) is 0 Å². The van der Waals surface area contributed by atoms with Crippen molar-refractivity contribution in [2.24, 2.45) is 0 Å². The molecule has 0 rings (SSSR count). The first kappa shape index (κ1) is 9.17. The Hall–Kier alpha value is -0.830. The minimum Gasteiger partial charge on any atom is -0.342 e. The van der Waals surface area contributed by atoms with E-state index in [1.807, 2.05) is 0 Å². The molecule has 3 heteroatoms. The zero-order valence-corrected chi connectivity index (χ0v) is 6.51. The molecule has 0 aromatic heterocycles. The Morgan fingerprint density at radius 1 is 1.50 bits per heavy atom. The lowest BCUT2D eigenvalue weighted by Gasteiger charge is -2.00. The second kappa shape index (κ2) is 4.99. The fourth-order valence-corrected chi connectivity index (χ4v) is 0.462. The monoisotopic (exact) mass is 144 g/mol. The molecule has 0 aliphatic carbocycles. The van der Waals surface area contributed by atoms with Gasteiger partial charge in [0.1, 0.15) is 5.76 Å². The van der Waals surface area contributed by atoms with E-state index in [0.717, 1.165) is 0 Å². The van der Waals surface area contributed by atoms with E-state index in [0.29, 0.717) is 12.4 Å². The minimum absolute atomic E-state index is 0.0443. The Morgan fingerprint density at radius 3 is 2.50 bits per heavy atom. The standard InChI is InChI=1S/C7H12O3/c1-4-9-10-7(3)5-6(2)8/h5H,4H2,1-3H3/b7-5-. The smallest absolute Gasteiger partial charge is 0.156 e. The van der Waals surface area contributed by atoms with E-state index < -0.39 is 0 Å². The zero-order chi connectivity index (χ0) is 7.98. The Balaban J connectivity index is 3.60. The summed E-state index contributed by atoms with van der Waals surface area (Å²) in [4.78, 5) is 19.6. The molecule has 0 saturated carbocycles. The van der Waals surface area contributed by atoms with Gasteiger partial charge < -0.3 is 4.89 Å². The Morgan fingerprint density at radius 2 is 2.10 bits per heavy atom. The molecule has 58 valence electrons. The largest absolute Gasteiger partial charge is 0.342 e. The third-order valence-corrected chi connectivity index (χ3v) is 0.715. The number of ketones is 1. The van der Waals surface area contributed by atoms with Crippen LogP contribution in [0.4, 0.5) is 0 Å². The number of hydrogen-bond donors (Lipinski definition) is 0. The van der Waals surface area contributed by atoms with Crippen LogP contribution in [-0.2, 0) is 14.6 Å². The lowest BCUT2D eigenvalue weighted by molar-refractivity contribution is -0.257. The van der Waals surface area contributed by atoms with Gasteiger partial charge in [0.05, 0.1) is 6.61 Å². The first-order valence-corrected chi connectivity index (χ1v) is 3.15. The average molecular weight is 144 g/mol. The predicted molar refractivity (Wildman–Crippen MR) is 37.1 cm³/mol. The molecule has 0 atom stereocenters. The van der Waals surface area contributed by atoms with E-state index in [2.05, 4.69) is 9.78 Å². The van der Waals surface area contributed by atoms with Gasteiger partial charge in [-0.2, -0.15) is 4.89 Å². The van der Waals surface area contributed by atoms with Crippen LogP contribution in [0.15, 0.2) is 11.8 Å². The van der Waals surface area contributed by atoms with Gasteiger partial charge in [-0.05, 0) is 20.8 Å². The SMILES string of the molecule is CCOO/C(C)=C\C(C)=O. The minimum atomic E-state index is -0.0443. The second-order valence-corrected chi connectivity index (χ2v) is 1.86. The first-order valence-electron chi connectivity index (χ1n) is 3.15. The molecule has 0 aliphatic heterocycles. The maximum atomic E-state index is 10.4. The van der Waals surface area contributed by atoms with Gasteiger partial charge in [-0.15, -0.1) is 0 Å². The summed E-state index contributed by atoms with van der Waals surface area (Å²) in [5.41, 5.74) is 0. The van der Waals surface area contributed by atoms with E-state index in [-0.39, 0.29) is 5.78 Å². The summed E-state index contributed by atoms with van der Waals surface area (Å²) in [6.45, 7) is 5.40. The van der Waals surface area contributed by atoms with E-state index in [1.165, 1.54) is 13.0 Å². The highest BCUT2D eigenvalue weighted by molar-refractivity contribution is 5.87. The Kier molecular flexibility index (Phi) is 4.58. The average Bonchev–Trinajstić information content (AvgIpc) is 1.82. The van der Waals surface area contributed by atoms with Gasteiger partial charge in [0.2, 0.25) is 0 Å². The summed E-state index contributed by atoms with van der Waals surface area (Å²) in [5, 5.41) is 0. The van der Waals surface area contributed by atoms with Crippen molar-refractivity contribution in [1.29, 1.82) is 0 Å². The molecular weight excluding hydrogens is 132 g/mol. The van der Waals surface area contributed by atoms with Crippen molar-refractivity contribution in [2.45, 2.75) is 20.8 Å². The number of hydrogen-bond acceptors (Lipinski definition) is 3. The lowest BCUT2D eigenvalue weighted by atomic mass is 10.4. The fraction of sp³-hybridized carbons (Fsp3) is 0.571. The molecule has 3 nitrogen and oxygen atoms in total. The van der Waals surface area contributed by atoms with Crippen LogP contribution in [0.25, 0.3) is 0 Å². The third-order valence-electron chi connectivity index (χ3n) is 0.715. The molecule has 0 aliphatic rings. The molecular formula is C7H12O3. The molecule has 0 fully saturated rings. The molecule has 0 heterocycles. The highest BCUT2D eigenvalue weighted by Gasteiger charge is 1.91. The van der Waals surface area contributed by atoms with Crippen LogP contribution in [0.5, 0.6) is 0 Å². The van der Waals surface area contributed by atoms with Crippen LogP contribution in [0.2, 0.25) is 0 Å². The topological polar surface area (TPSA) is 35.5 Å². The maximum Gasteiger partial charge on any atom is 0.156 e. The van der Waals surface area contributed by atoms with Crippen LogP contribution in [0.3, 0.4) is 0 Å². The van der Waals surface area contributed by atoms with Gasteiger partial charge in [-0.3, -0.25) is 4.79 Å². The summed E-state index contributed by atoms with van der Waals surface area (Å²) >= 11 is 0. The van der Waals surface area contributed by atoms with E-state index in [4.69, 9.17) is 0 Å². The van der Waals surface area contributed by atoms with Gasteiger partial charge in [0.15, 0.2) is 5.78 Å². The van der Waals surface area contributed by atoms with Crippen molar-refractivity contribution >= 4 is 5.78 Å². The molecule has 0 saturated heterocycles. The number of rotatable bonds is 4. The summed E-state index contributed by atoms with van der Waals surface area (Å²) < 4.78 is 0. The zero-order valence-electron chi connectivity index (χ0n) is 6.51. The number of carbonyl (C=O) groups is 1. The van der Waals surface area contributed by atoms with Gasteiger partial charge in [0, 0.05) is 6.08 Å². The number of allylic oxidation sites excluding steroid dienone is 2. The molecule has 0 spiro atoms. The normalized spacial score (nSPS) is 11.3. The van der Waals surface area contributed by atoms with E-state index in [1.54, 1.807) is 13.8 Å². The summed E-state index contributed by atoms with van der Waals surface area (Å²) in [5.74, 6) is 0.437. The third kappa shape index (κ3) is 5.31. The predicted octanol–water partition coefficient (Wildman–Crippen LogP) is 1.45. The summed E-state index contributed by atoms with van der Waals surface area (Å²) in [6, 6.07) is 0. The molecule has 0 aromatic rings. The van der Waals surface area contributed by atoms with Gasteiger partial charge in [-0.25, -0.2) is 0 Å². The second-order valence-electron chi connectivity index (χ2n) is 1.86. The van der Waals surface area contributed by atoms with Crippen molar-refractivity contribution in [1.82, 2.24) is 0 Å². The van der Waals surface area contributed by atoms with Crippen LogP contribution in [-0.4, -0.2) is 12.4 Å². The molecule has 10 heavy (non-hydrogen) atoms.